The lowest BCUT2D eigenvalue weighted by atomic mass is 9.69. The number of Topliss-reactive ketones (excluding diaryl/α,β-unsaturated/α-hetero) is 1. The van der Waals surface area contributed by atoms with Crippen molar-refractivity contribution in [3.05, 3.63) is 46.3 Å². The fourth-order valence-corrected chi connectivity index (χ4v) is 4.11. The highest BCUT2D eigenvalue weighted by molar-refractivity contribution is 6.00. The number of nitrogens with one attached hydrogen (secondary N) is 1. The second-order valence-electron chi connectivity index (χ2n) is 8.30. The minimum absolute atomic E-state index is 0.0898. The van der Waals surface area contributed by atoms with E-state index in [0.29, 0.717) is 35.7 Å². The predicted molar refractivity (Wildman–Crippen MR) is 108 cm³/mol. The summed E-state index contributed by atoms with van der Waals surface area (Å²) in [6, 6.07) is 8.02. The Kier molecular flexibility index (Phi) is 5.51. The second kappa shape index (κ2) is 7.71. The molecule has 1 aliphatic carbocycles. The Labute approximate surface area is 167 Å². The summed E-state index contributed by atoms with van der Waals surface area (Å²) in [5.41, 5.74) is 3.82. The van der Waals surface area contributed by atoms with Gasteiger partial charge in [-0.25, -0.2) is 0 Å². The van der Waals surface area contributed by atoms with Crippen LogP contribution in [-0.2, 0) is 4.79 Å². The second-order valence-corrected chi connectivity index (χ2v) is 8.30. The molecule has 0 spiro atoms. The standard InChI is InChI=1S/C23H28N2O3/c1-6-9-28-19-8-7-15(10-20(19)27-5)21-16(13-24)14(2)25-17-11-23(3,4)12-18(26)22(17)21/h7-8,10,21,25H,6,9,11-12H2,1-5H3/t21-/m1/s1. The molecule has 0 bridgehead atoms. The molecule has 5 nitrogen and oxygen atoms in total. The fourth-order valence-electron chi connectivity index (χ4n) is 4.11. The molecule has 1 N–H and O–H groups in total. The van der Waals surface area contributed by atoms with E-state index in [1.807, 2.05) is 32.0 Å². The van der Waals surface area contributed by atoms with E-state index in [1.54, 1.807) is 7.11 Å². The molecule has 1 atom stereocenters. The minimum atomic E-state index is -0.376. The Morgan fingerprint density at radius 2 is 2.04 bits per heavy atom. The first-order valence-electron chi connectivity index (χ1n) is 9.76. The summed E-state index contributed by atoms with van der Waals surface area (Å²) in [6.07, 6.45) is 2.17. The number of rotatable bonds is 5. The highest BCUT2D eigenvalue weighted by atomic mass is 16.5. The summed E-state index contributed by atoms with van der Waals surface area (Å²) in [6.45, 7) is 8.76. The Balaban J connectivity index is 2.11. The molecule has 0 saturated heterocycles. The van der Waals surface area contributed by atoms with Crippen LogP contribution in [0.1, 0.15) is 58.4 Å². The van der Waals surface area contributed by atoms with Gasteiger partial charge in [-0.05, 0) is 42.9 Å². The van der Waals surface area contributed by atoms with Gasteiger partial charge in [0.1, 0.15) is 0 Å². The lowest BCUT2D eigenvalue weighted by Gasteiger charge is -2.38. The van der Waals surface area contributed by atoms with Gasteiger partial charge < -0.3 is 14.8 Å². The van der Waals surface area contributed by atoms with Crippen molar-refractivity contribution in [1.82, 2.24) is 5.32 Å². The number of carbonyl (C=O) groups is 1. The Hall–Kier alpha value is -2.74. The van der Waals surface area contributed by atoms with Gasteiger partial charge in [0.15, 0.2) is 17.3 Å². The number of hydrogen-bond acceptors (Lipinski definition) is 5. The first kappa shape index (κ1) is 20.0. The lowest BCUT2D eigenvalue weighted by Crippen LogP contribution is -2.36. The largest absolute Gasteiger partial charge is 0.493 e. The quantitative estimate of drug-likeness (QED) is 0.807. The van der Waals surface area contributed by atoms with E-state index in [0.717, 1.165) is 29.8 Å². The van der Waals surface area contributed by atoms with Crippen molar-refractivity contribution in [3.8, 4) is 17.6 Å². The van der Waals surface area contributed by atoms with E-state index >= 15 is 0 Å². The summed E-state index contributed by atoms with van der Waals surface area (Å²) < 4.78 is 11.3. The molecule has 0 fully saturated rings. The van der Waals surface area contributed by atoms with Gasteiger partial charge in [0.2, 0.25) is 0 Å². The van der Waals surface area contributed by atoms with Crippen molar-refractivity contribution in [3.63, 3.8) is 0 Å². The molecule has 28 heavy (non-hydrogen) atoms. The third-order valence-corrected chi connectivity index (χ3v) is 5.34. The van der Waals surface area contributed by atoms with Gasteiger partial charge in [-0.3, -0.25) is 4.79 Å². The molecule has 0 aromatic heterocycles. The number of ether oxygens (including phenoxy) is 2. The number of hydrogen-bond donors (Lipinski definition) is 1. The normalized spacial score (nSPS) is 21.0. The fraction of sp³-hybridized carbons (Fsp3) is 0.478. The maximum absolute atomic E-state index is 13.1. The third kappa shape index (κ3) is 3.64. The monoisotopic (exact) mass is 380 g/mol. The van der Waals surface area contributed by atoms with Crippen molar-refractivity contribution < 1.29 is 14.3 Å². The van der Waals surface area contributed by atoms with Gasteiger partial charge in [0, 0.05) is 23.4 Å². The van der Waals surface area contributed by atoms with E-state index in [1.165, 1.54) is 0 Å². The van der Waals surface area contributed by atoms with Crippen molar-refractivity contribution >= 4 is 5.78 Å². The molecule has 0 saturated carbocycles. The van der Waals surface area contributed by atoms with Gasteiger partial charge in [0.05, 0.1) is 31.3 Å². The molecule has 5 heteroatoms. The van der Waals surface area contributed by atoms with Crippen LogP contribution in [0.4, 0.5) is 0 Å². The lowest BCUT2D eigenvalue weighted by molar-refractivity contribution is -0.118. The van der Waals surface area contributed by atoms with Gasteiger partial charge in [-0.1, -0.05) is 26.8 Å². The van der Waals surface area contributed by atoms with E-state index in [-0.39, 0.29) is 17.1 Å². The third-order valence-electron chi connectivity index (χ3n) is 5.34. The zero-order valence-corrected chi connectivity index (χ0v) is 17.3. The van der Waals surface area contributed by atoms with Crippen LogP contribution in [-0.4, -0.2) is 19.5 Å². The molecule has 0 amide bonds. The molecule has 1 aliphatic heterocycles. The molecule has 0 unspecified atom stereocenters. The molecular weight excluding hydrogens is 352 g/mol. The molecule has 3 rings (SSSR count). The summed E-state index contributed by atoms with van der Waals surface area (Å²) in [4.78, 5) is 13.1. The van der Waals surface area contributed by atoms with Crippen molar-refractivity contribution in [1.29, 1.82) is 5.26 Å². The van der Waals surface area contributed by atoms with Crippen molar-refractivity contribution in [2.75, 3.05) is 13.7 Å². The first-order chi connectivity index (χ1) is 13.3. The summed E-state index contributed by atoms with van der Waals surface area (Å²) in [5, 5.41) is 13.2. The van der Waals surface area contributed by atoms with Gasteiger partial charge >= 0.3 is 0 Å². The van der Waals surface area contributed by atoms with Gasteiger partial charge in [-0.2, -0.15) is 5.26 Å². The Morgan fingerprint density at radius 1 is 1.29 bits per heavy atom. The number of dihydropyridines is 1. The number of methoxy groups -OCH3 is 1. The SMILES string of the molecule is CCCOc1ccc([C@@H]2C(C#N)=C(C)NC3=C2C(=O)CC(C)(C)C3)cc1OC. The average molecular weight is 380 g/mol. The van der Waals surface area contributed by atoms with Crippen LogP contribution in [0.5, 0.6) is 11.5 Å². The topological polar surface area (TPSA) is 71.3 Å². The Morgan fingerprint density at radius 3 is 2.68 bits per heavy atom. The van der Waals surface area contributed by atoms with Crippen molar-refractivity contribution in [2.24, 2.45) is 5.41 Å². The zero-order chi connectivity index (χ0) is 20.5. The number of nitrogens with zero attached hydrogens (tertiary/aromatic N) is 1. The molecule has 2 aliphatic rings. The van der Waals surface area contributed by atoms with Crippen LogP contribution >= 0.6 is 0 Å². The van der Waals surface area contributed by atoms with Crippen LogP contribution in [0, 0.1) is 16.7 Å². The summed E-state index contributed by atoms with van der Waals surface area (Å²) in [5.74, 6) is 1.02. The predicted octanol–water partition coefficient (Wildman–Crippen LogP) is 4.61. The molecule has 1 heterocycles. The Bertz CT molecular complexity index is 903. The van der Waals surface area contributed by atoms with Crippen molar-refractivity contribution in [2.45, 2.75) is 52.9 Å². The average Bonchev–Trinajstić information content (AvgIpc) is 2.64. The number of allylic oxidation sites excluding steroid dienone is 4. The van der Waals surface area contributed by atoms with Gasteiger partial charge in [0.25, 0.3) is 0 Å². The molecule has 1 aromatic carbocycles. The molecular formula is C23H28N2O3. The molecule has 148 valence electrons. The van der Waals surface area contributed by atoms with Crippen LogP contribution in [0.3, 0.4) is 0 Å². The van der Waals surface area contributed by atoms with Gasteiger partial charge in [-0.15, -0.1) is 0 Å². The number of carbonyl (C=O) groups excluding carboxylic acids is 1. The van der Waals surface area contributed by atoms with E-state index in [2.05, 4.69) is 25.2 Å². The van der Waals surface area contributed by atoms with Crippen LogP contribution in [0.2, 0.25) is 0 Å². The van der Waals surface area contributed by atoms with Crippen LogP contribution in [0.25, 0.3) is 0 Å². The van der Waals surface area contributed by atoms with Crippen LogP contribution < -0.4 is 14.8 Å². The van der Waals surface area contributed by atoms with E-state index in [9.17, 15) is 10.1 Å². The highest BCUT2D eigenvalue weighted by Gasteiger charge is 2.41. The maximum atomic E-state index is 13.1. The number of nitriles is 1. The van der Waals surface area contributed by atoms with Crippen LogP contribution in [0.15, 0.2) is 40.7 Å². The number of ketones is 1. The minimum Gasteiger partial charge on any atom is -0.493 e. The first-order valence-corrected chi connectivity index (χ1v) is 9.76. The van der Waals surface area contributed by atoms with E-state index in [4.69, 9.17) is 9.47 Å². The molecule has 1 aromatic rings. The zero-order valence-electron chi connectivity index (χ0n) is 17.3. The highest BCUT2D eigenvalue weighted by Crippen LogP contribution is 2.47. The summed E-state index contributed by atoms with van der Waals surface area (Å²) in [7, 11) is 1.60. The number of benzene rings is 1. The molecule has 0 radical (unpaired) electrons. The maximum Gasteiger partial charge on any atom is 0.162 e. The van der Waals surface area contributed by atoms with E-state index < -0.39 is 0 Å². The smallest absolute Gasteiger partial charge is 0.162 e. The summed E-state index contributed by atoms with van der Waals surface area (Å²) >= 11 is 0.